The van der Waals surface area contributed by atoms with Crippen molar-refractivity contribution in [3.8, 4) is 5.69 Å². The van der Waals surface area contributed by atoms with E-state index < -0.39 is 0 Å². The van der Waals surface area contributed by atoms with Gasteiger partial charge in [-0.15, -0.1) is 0 Å². The Kier molecular flexibility index (Phi) is 3.98. The van der Waals surface area contributed by atoms with Crippen molar-refractivity contribution in [2.45, 2.75) is 13.8 Å². The maximum absolute atomic E-state index is 5.43. The first-order chi connectivity index (χ1) is 10.6. The molecule has 22 heavy (non-hydrogen) atoms. The molecule has 5 heteroatoms. The van der Waals surface area contributed by atoms with Crippen LogP contribution >= 0.6 is 12.2 Å². The Labute approximate surface area is 134 Å². The molecule has 0 aliphatic carbocycles. The van der Waals surface area contributed by atoms with Crippen molar-refractivity contribution in [2.75, 3.05) is 5.32 Å². The molecule has 0 aliphatic heterocycles. The van der Waals surface area contributed by atoms with Crippen molar-refractivity contribution in [1.82, 2.24) is 14.5 Å². The third kappa shape index (κ3) is 2.89. The lowest BCUT2D eigenvalue weighted by Gasteiger charge is -2.13. The van der Waals surface area contributed by atoms with E-state index in [0.717, 1.165) is 22.5 Å². The molecule has 0 spiro atoms. The zero-order valence-electron chi connectivity index (χ0n) is 12.4. The normalized spacial score (nSPS) is 10.5. The van der Waals surface area contributed by atoms with Gasteiger partial charge < -0.3 is 5.32 Å². The van der Waals surface area contributed by atoms with Gasteiger partial charge in [0.15, 0.2) is 0 Å². The number of nitrogens with one attached hydrogen (secondary N) is 1. The summed E-state index contributed by atoms with van der Waals surface area (Å²) in [7, 11) is 0. The Hall–Kier alpha value is -2.53. The quantitative estimate of drug-likeness (QED) is 0.730. The average Bonchev–Trinajstić information content (AvgIpc) is 2.50. The molecule has 4 nitrogen and oxygen atoms in total. The van der Waals surface area contributed by atoms with E-state index in [1.807, 2.05) is 41.0 Å². The summed E-state index contributed by atoms with van der Waals surface area (Å²) in [6.07, 6.45) is 1.72. The fraction of sp³-hybridized carbons (Fsp3) is 0.118. The highest BCUT2D eigenvalue weighted by atomic mass is 32.1. The molecule has 0 fully saturated rings. The van der Waals surface area contributed by atoms with Gasteiger partial charge in [-0.3, -0.25) is 4.57 Å². The average molecular weight is 308 g/mol. The van der Waals surface area contributed by atoms with Crippen molar-refractivity contribution in [3.63, 3.8) is 0 Å². The van der Waals surface area contributed by atoms with Crippen LogP contribution in [-0.2, 0) is 0 Å². The van der Waals surface area contributed by atoms with Crippen LogP contribution in [0.25, 0.3) is 5.69 Å². The maximum Gasteiger partial charge on any atom is 0.231 e. The molecule has 1 N–H and O–H groups in total. The van der Waals surface area contributed by atoms with Crippen molar-refractivity contribution in [2.24, 2.45) is 0 Å². The number of hydrogen-bond acceptors (Lipinski definition) is 4. The van der Waals surface area contributed by atoms with Crippen LogP contribution in [0.1, 0.15) is 11.1 Å². The number of aryl methyl sites for hydroxylation is 2. The van der Waals surface area contributed by atoms with Gasteiger partial charge in [0, 0.05) is 5.69 Å². The second kappa shape index (κ2) is 6.07. The fourth-order valence-electron chi connectivity index (χ4n) is 2.38. The number of aromatic nitrogens is 3. The Balaban J connectivity index is 1.98. The minimum atomic E-state index is 0.478. The van der Waals surface area contributed by atoms with Gasteiger partial charge in [-0.2, -0.15) is 4.98 Å². The van der Waals surface area contributed by atoms with Gasteiger partial charge in [0.25, 0.3) is 0 Å². The molecular weight excluding hydrogens is 292 g/mol. The Bertz CT molecular complexity index is 836. The third-order valence-corrected chi connectivity index (χ3v) is 3.70. The largest absolute Gasteiger partial charge is 0.324 e. The van der Waals surface area contributed by atoms with Crippen LogP contribution < -0.4 is 5.32 Å². The Morgan fingerprint density at radius 2 is 1.64 bits per heavy atom. The molecule has 0 saturated carbocycles. The fourth-order valence-corrected chi connectivity index (χ4v) is 2.61. The van der Waals surface area contributed by atoms with Crippen molar-refractivity contribution in [3.05, 3.63) is 70.8 Å². The van der Waals surface area contributed by atoms with Crippen LogP contribution in [0.5, 0.6) is 0 Å². The maximum atomic E-state index is 5.43. The van der Waals surface area contributed by atoms with Gasteiger partial charge in [-0.25, -0.2) is 4.98 Å². The van der Waals surface area contributed by atoms with Gasteiger partial charge in [0.1, 0.15) is 6.33 Å². The molecule has 1 aromatic heterocycles. The third-order valence-electron chi connectivity index (χ3n) is 3.41. The molecule has 1 heterocycles. The molecule has 0 unspecified atom stereocenters. The lowest BCUT2D eigenvalue weighted by molar-refractivity contribution is 0.886. The van der Waals surface area contributed by atoms with E-state index in [1.54, 1.807) is 6.33 Å². The molecule has 3 aromatic rings. The van der Waals surface area contributed by atoms with Gasteiger partial charge in [0.05, 0.1) is 5.69 Å². The van der Waals surface area contributed by atoms with Gasteiger partial charge in [0.2, 0.25) is 10.7 Å². The summed E-state index contributed by atoms with van der Waals surface area (Å²) in [5.41, 5.74) is 4.26. The second-order valence-electron chi connectivity index (χ2n) is 5.06. The van der Waals surface area contributed by atoms with Crippen LogP contribution in [-0.4, -0.2) is 14.5 Å². The van der Waals surface area contributed by atoms with Crippen LogP contribution in [0, 0.1) is 18.6 Å². The van der Waals surface area contributed by atoms with Crippen molar-refractivity contribution >= 4 is 23.9 Å². The van der Waals surface area contributed by atoms with Crippen LogP contribution in [0.3, 0.4) is 0 Å². The number of benzene rings is 2. The van der Waals surface area contributed by atoms with Crippen LogP contribution in [0.4, 0.5) is 11.6 Å². The molecule has 0 amide bonds. The number of hydrogen-bond donors (Lipinski definition) is 1. The summed E-state index contributed by atoms with van der Waals surface area (Å²) >= 11 is 5.43. The molecular formula is C17H16N4S. The standard InChI is InChI=1S/C17H16N4S/c1-12-7-6-8-13(2)15(12)21-11-18-16(20-17(21)22)19-14-9-4-3-5-10-14/h3-11H,1-2H3,(H,19,20,22). The molecule has 110 valence electrons. The van der Waals surface area contributed by atoms with Gasteiger partial charge in [-0.05, 0) is 49.3 Å². The number of nitrogens with zero attached hydrogens (tertiary/aromatic N) is 3. The summed E-state index contributed by atoms with van der Waals surface area (Å²) in [6, 6.07) is 15.9. The first kappa shape index (κ1) is 14.4. The highest BCUT2D eigenvalue weighted by Gasteiger charge is 2.07. The van der Waals surface area contributed by atoms with E-state index in [4.69, 9.17) is 12.2 Å². The lowest BCUT2D eigenvalue weighted by atomic mass is 10.1. The minimum Gasteiger partial charge on any atom is -0.324 e. The van der Waals surface area contributed by atoms with E-state index in [0.29, 0.717) is 10.7 Å². The summed E-state index contributed by atoms with van der Waals surface area (Å²) in [5.74, 6) is 0.499. The van der Waals surface area contributed by atoms with E-state index in [-0.39, 0.29) is 0 Å². The summed E-state index contributed by atoms with van der Waals surface area (Å²) in [4.78, 5) is 8.75. The molecule has 0 saturated heterocycles. The van der Waals surface area contributed by atoms with Gasteiger partial charge >= 0.3 is 0 Å². The van der Waals surface area contributed by atoms with Crippen molar-refractivity contribution < 1.29 is 0 Å². The summed E-state index contributed by atoms with van der Waals surface area (Å²) in [5, 5.41) is 3.15. The Morgan fingerprint density at radius 1 is 0.955 bits per heavy atom. The molecule has 3 rings (SSSR count). The SMILES string of the molecule is Cc1cccc(C)c1-n1cnc(Nc2ccccc2)nc1=S. The number of anilines is 2. The predicted molar refractivity (Wildman–Crippen MR) is 91.4 cm³/mol. The zero-order chi connectivity index (χ0) is 15.5. The lowest BCUT2D eigenvalue weighted by Crippen LogP contribution is -2.07. The molecule has 2 aromatic carbocycles. The van der Waals surface area contributed by atoms with Crippen molar-refractivity contribution in [1.29, 1.82) is 0 Å². The molecule has 0 bridgehead atoms. The van der Waals surface area contributed by atoms with E-state index in [1.165, 1.54) is 0 Å². The number of rotatable bonds is 3. The van der Waals surface area contributed by atoms with E-state index in [9.17, 15) is 0 Å². The van der Waals surface area contributed by atoms with Crippen LogP contribution in [0.15, 0.2) is 54.9 Å². The highest BCUT2D eigenvalue weighted by molar-refractivity contribution is 7.71. The Morgan fingerprint density at radius 3 is 2.27 bits per heavy atom. The monoisotopic (exact) mass is 308 g/mol. The predicted octanol–water partition coefficient (Wildman–Crippen LogP) is 4.36. The first-order valence-electron chi connectivity index (χ1n) is 6.99. The molecule has 0 aliphatic rings. The van der Waals surface area contributed by atoms with E-state index >= 15 is 0 Å². The first-order valence-corrected chi connectivity index (χ1v) is 7.40. The molecule has 0 radical (unpaired) electrons. The van der Waals surface area contributed by atoms with E-state index in [2.05, 4.69) is 41.3 Å². The minimum absolute atomic E-state index is 0.478. The highest BCUT2D eigenvalue weighted by Crippen LogP contribution is 2.19. The second-order valence-corrected chi connectivity index (χ2v) is 5.43. The smallest absolute Gasteiger partial charge is 0.231 e. The topological polar surface area (TPSA) is 42.7 Å². The van der Waals surface area contributed by atoms with Crippen LogP contribution in [0.2, 0.25) is 0 Å². The number of para-hydroxylation sites is 2. The van der Waals surface area contributed by atoms with Gasteiger partial charge in [-0.1, -0.05) is 36.4 Å². The summed E-state index contributed by atoms with van der Waals surface area (Å²) in [6.45, 7) is 4.11. The molecule has 0 atom stereocenters. The summed E-state index contributed by atoms with van der Waals surface area (Å²) < 4.78 is 2.32. The zero-order valence-corrected chi connectivity index (χ0v) is 13.3.